The molecule has 2 aromatic carbocycles. The number of nitrogens with one attached hydrogen (secondary N) is 3. The molecule has 2 aromatic heterocycles. The van der Waals surface area contributed by atoms with Gasteiger partial charge < -0.3 is 10.6 Å². The van der Waals surface area contributed by atoms with Crippen molar-refractivity contribution in [2.24, 2.45) is 0 Å². The van der Waals surface area contributed by atoms with Crippen molar-refractivity contribution >= 4 is 52.6 Å². The van der Waals surface area contributed by atoms with E-state index < -0.39 is 22.5 Å². The summed E-state index contributed by atoms with van der Waals surface area (Å²) in [4.78, 5) is 51.8. The van der Waals surface area contributed by atoms with Gasteiger partial charge in [0.1, 0.15) is 28.9 Å². The van der Waals surface area contributed by atoms with Gasteiger partial charge in [-0.15, -0.1) is 0 Å². The first-order chi connectivity index (χ1) is 21.1. The maximum atomic E-state index is 14.3. The third kappa shape index (κ3) is 4.51. The Kier molecular flexibility index (Phi) is 6.32. The minimum absolute atomic E-state index is 0.121. The summed E-state index contributed by atoms with van der Waals surface area (Å²) < 4.78 is 1.60. The van der Waals surface area contributed by atoms with Gasteiger partial charge in [0.05, 0.1) is 29.1 Å². The fraction of sp³-hybridized carbons (Fsp3) is 0.300. The van der Waals surface area contributed by atoms with E-state index in [4.69, 9.17) is 23.2 Å². The lowest BCUT2D eigenvalue weighted by Crippen LogP contribution is -2.52. The van der Waals surface area contributed by atoms with Gasteiger partial charge in [-0.2, -0.15) is 10.4 Å². The molecule has 1 aliphatic heterocycles. The smallest absolute Gasteiger partial charge is 0.270 e. The normalized spacial score (nSPS) is 20.5. The minimum atomic E-state index is -1.30. The van der Waals surface area contributed by atoms with Crippen molar-refractivity contribution in [1.29, 1.82) is 5.26 Å². The van der Waals surface area contributed by atoms with Crippen LogP contribution in [-0.2, 0) is 27.1 Å². The predicted molar refractivity (Wildman–Crippen MR) is 159 cm³/mol. The monoisotopic (exact) mass is 629 g/mol. The van der Waals surface area contributed by atoms with Crippen LogP contribution in [0.1, 0.15) is 60.0 Å². The summed E-state index contributed by atoms with van der Waals surface area (Å²) in [5.41, 5.74) is -1.23. The average molecular weight is 630 g/mol. The van der Waals surface area contributed by atoms with E-state index >= 15 is 0 Å². The first-order valence-electron chi connectivity index (χ1n) is 14.0. The Morgan fingerprint density at radius 3 is 2.34 bits per heavy atom. The van der Waals surface area contributed by atoms with E-state index in [-0.39, 0.29) is 29.9 Å². The van der Waals surface area contributed by atoms with Crippen molar-refractivity contribution in [1.82, 2.24) is 35.4 Å². The summed E-state index contributed by atoms with van der Waals surface area (Å²) in [5.74, 6) is -0.386. The van der Waals surface area contributed by atoms with Gasteiger partial charge in [0, 0.05) is 16.5 Å². The molecule has 0 spiro atoms. The number of nitrogens with zero attached hydrogens (tertiary/aromatic N) is 6. The molecule has 0 saturated heterocycles. The van der Waals surface area contributed by atoms with Crippen LogP contribution >= 0.6 is 23.2 Å². The number of hydrogen-bond acceptors (Lipinski definition) is 7. The second-order valence-corrected chi connectivity index (χ2v) is 12.6. The van der Waals surface area contributed by atoms with E-state index in [0.29, 0.717) is 52.8 Å². The number of halogens is 2. The maximum absolute atomic E-state index is 14.3. The largest absolute Gasteiger partial charge is 0.341 e. The lowest BCUT2D eigenvalue weighted by Gasteiger charge is -2.27. The summed E-state index contributed by atoms with van der Waals surface area (Å²) >= 11 is 12.6. The zero-order valence-corrected chi connectivity index (χ0v) is 24.9. The zero-order chi connectivity index (χ0) is 30.9. The minimum Gasteiger partial charge on any atom is -0.341 e. The molecule has 4 aromatic rings. The molecule has 1 atom stereocenters. The molecule has 0 radical (unpaired) electrons. The van der Waals surface area contributed by atoms with Crippen LogP contribution < -0.4 is 15.5 Å². The topological polar surface area (TPSA) is 162 Å². The average Bonchev–Trinajstić information content (AvgIpc) is 3.79. The van der Waals surface area contributed by atoms with Crippen molar-refractivity contribution in [3.63, 3.8) is 0 Å². The fourth-order valence-electron chi connectivity index (χ4n) is 5.86. The Hall–Kier alpha value is -4.73. The van der Waals surface area contributed by atoms with Gasteiger partial charge in [-0.05, 0) is 68.5 Å². The second kappa shape index (κ2) is 9.90. The number of H-pyrrole nitrogens is 1. The van der Waals surface area contributed by atoms with Crippen LogP contribution in [0.4, 0.5) is 11.6 Å². The number of carbonyl (C=O) groups excluding carboxylic acids is 3. The van der Waals surface area contributed by atoms with E-state index in [0.717, 1.165) is 5.56 Å². The van der Waals surface area contributed by atoms with E-state index in [9.17, 15) is 19.6 Å². The zero-order valence-electron chi connectivity index (χ0n) is 23.4. The Morgan fingerprint density at radius 2 is 1.75 bits per heavy atom. The fourth-order valence-corrected chi connectivity index (χ4v) is 6.37. The third-order valence-corrected chi connectivity index (χ3v) is 9.02. The van der Waals surface area contributed by atoms with Gasteiger partial charge >= 0.3 is 0 Å². The highest BCUT2D eigenvalue weighted by atomic mass is 35.5. The van der Waals surface area contributed by atoms with Crippen LogP contribution in [0.5, 0.6) is 0 Å². The molecule has 0 unspecified atom stereocenters. The molecular weight excluding hydrogens is 605 g/mol. The maximum Gasteiger partial charge on any atom is 0.270 e. The third-order valence-electron chi connectivity index (χ3n) is 8.58. The van der Waals surface area contributed by atoms with Crippen molar-refractivity contribution in [3.05, 3.63) is 87.7 Å². The first kappa shape index (κ1) is 28.1. The van der Waals surface area contributed by atoms with Crippen molar-refractivity contribution in [2.75, 3.05) is 4.90 Å². The molecule has 3 N–H and O–H groups in total. The van der Waals surface area contributed by atoms with Crippen LogP contribution in [-0.4, -0.2) is 48.0 Å². The number of rotatable bonds is 8. The van der Waals surface area contributed by atoms with Crippen molar-refractivity contribution < 1.29 is 14.4 Å². The van der Waals surface area contributed by atoms with Gasteiger partial charge in [0.25, 0.3) is 11.8 Å². The summed E-state index contributed by atoms with van der Waals surface area (Å²) in [6.07, 6.45) is 5.35. The lowest BCUT2D eigenvalue weighted by atomic mass is 9.91. The molecule has 7 rings (SSSR count). The molecule has 14 heteroatoms. The van der Waals surface area contributed by atoms with Crippen molar-refractivity contribution in [2.45, 2.75) is 55.6 Å². The molecule has 3 aliphatic rings. The van der Waals surface area contributed by atoms with Crippen LogP contribution in [0.15, 0.2) is 55.0 Å². The summed E-state index contributed by atoms with van der Waals surface area (Å²) in [6.45, 7) is 1.73. The number of amides is 3. The Labute approximate surface area is 261 Å². The number of hydrogen-bond donors (Lipinski definition) is 3. The van der Waals surface area contributed by atoms with Crippen LogP contribution in [0.3, 0.4) is 0 Å². The highest BCUT2D eigenvalue weighted by Gasteiger charge is 2.58. The van der Waals surface area contributed by atoms with Gasteiger partial charge in [0.15, 0.2) is 0 Å². The van der Waals surface area contributed by atoms with Gasteiger partial charge in [-0.3, -0.25) is 24.0 Å². The number of carbonyl (C=O) groups is 3. The second-order valence-electron chi connectivity index (χ2n) is 11.7. The van der Waals surface area contributed by atoms with E-state index in [1.54, 1.807) is 54.0 Å². The summed E-state index contributed by atoms with van der Waals surface area (Å²) in [7, 11) is 0. The number of imidazole rings is 1. The number of benzene rings is 2. The number of anilines is 2. The SMILES string of the molecule is C[C@@]1(Cc2ccc(C#N)cc2)C(=O)N(c2cc(Cl)cc(Cl)c2)c2ncc(C(=O)NC3(C(=O)NC4(c5ncn[nH]5)CC4)CC3)n21. The first-order valence-corrected chi connectivity index (χ1v) is 14.7. The lowest BCUT2D eigenvalue weighted by molar-refractivity contribution is -0.125. The van der Waals surface area contributed by atoms with Crippen LogP contribution in [0.25, 0.3) is 0 Å². The van der Waals surface area contributed by atoms with E-state index in [1.807, 2.05) is 0 Å². The highest BCUT2D eigenvalue weighted by molar-refractivity contribution is 6.35. The van der Waals surface area contributed by atoms with E-state index in [1.165, 1.54) is 17.4 Å². The van der Waals surface area contributed by atoms with Gasteiger partial charge in [-0.1, -0.05) is 35.3 Å². The number of aromatic nitrogens is 5. The molecular formula is C30H25Cl2N9O3. The predicted octanol–water partition coefficient (Wildman–Crippen LogP) is 3.88. The molecule has 44 heavy (non-hydrogen) atoms. The van der Waals surface area contributed by atoms with Gasteiger partial charge in [0.2, 0.25) is 11.9 Å². The number of fused-ring (bicyclic) bond motifs is 1. The summed E-state index contributed by atoms with van der Waals surface area (Å²) in [5, 5.41) is 22.6. The van der Waals surface area contributed by atoms with Crippen LogP contribution in [0.2, 0.25) is 10.0 Å². The molecule has 2 fully saturated rings. The molecule has 3 heterocycles. The quantitative estimate of drug-likeness (QED) is 0.266. The van der Waals surface area contributed by atoms with Crippen LogP contribution in [0, 0.1) is 11.3 Å². The summed E-state index contributed by atoms with van der Waals surface area (Å²) in [6, 6.07) is 13.8. The molecule has 222 valence electrons. The molecule has 0 bridgehead atoms. The molecule has 2 aliphatic carbocycles. The Bertz CT molecular complexity index is 1850. The van der Waals surface area contributed by atoms with Crippen molar-refractivity contribution in [3.8, 4) is 6.07 Å². The Balaban J connectivity index is 1.23. The molecule has 12 nitrogen and oxygen atoms in total. The van der Waals surface area contributed by atoms with E-state index in [2.05, 4.69) is 36.9 Å². The number of nitriles is 1. The highest BCUT2D eigenvalue weighted by Crippen LogP contribution is 2.47. The Morgan fingerprint density at radius 1 is 1.05 bits per heavy atom. The molecule has 3 amide bonds. The van der Waals surface area contributed by atoms with Gasteiger partial charge in [-0.25, -0.2) is 14.9 Å². The molecule has 2 saturated carbocycles. The standard InChI is InChI=1S/C30H25Cl2N9O3/c1-28(13-17-2-4-18(14-33)5-3-17)26(44)40(21-11-19(31)10-20(32)12-21)27-34-15-22(41(27)28)23(42)37-30(8-9-30)25(43)38-29(6-7-29)24-35-16-36-39-24/h2-5,10-12,15-16H,6-9,13H2,1H3,(H,37,42)(H,38,43)(H,35,36,39)/t28-/m1/s1. The number of aromatic amines is 1.